The van der Waals surface area contributed by atoms with Gasteiger partial charge in [-0.3, -0.25) is 0 Å². The predicted octanol–water partition coefficient (Wildman–Crippen LogP) is 2.43. The molecule has 2 aliphatic rings. The molecule has 2 heteroatoms. The van der Waals surface area contributed by atoms with E-state index in [1.807, 2.05) is 24.3 Å². The van der Waals surface area contributed by atoms with Gasteiger partial charge in [0, 0.05) is 12.0 Å². The smallest absolute Gasteiger partial charge is 0.125 e. The fraction of sp³-hybridized carbons (Fsp3) is 0.500. The van der Waals surface area contributed by atoms with Crippen LogP contribution in [0.2, 0.25) is 0 Å². The Labute approximate surface area is 83.5 Å². The van der Waals surface area contributed by atoms with Crippen molar-refractivity contribution in [2.75, 3.05) is 0 Å². The number of fused-ring (bicyclic) bond motifs is 1. The summed E-state index contributed by atoms with van der Waals surface area (Å²) in [5.41, 5.74) is 0.915. The number of benzene rings is 1. The van der Waals surface area contributed by atoms with Crippen molar-refractivity contribution >= 4 is 0 Å². The fourth-order valence-corrected chi connectivity index (χ4v) is 2.46. The zero-order chi connectivity index (χ0) is 9.60. The third-order valence-corrected chi connectivity index (χ3v) is 3.43. The van der Waals surface area contributed by atoms with Crippen LogP contribution < -0.4 is 4.74 Å². The van der Waals surface area contributed by atoms with Gasteiger partial charge in [-0.25, -0.2) is 0 Å². The minimum absolute atomic E-state index is 0.0340. The molecule has 0 saturated heterocycles. The van der Waals surface area contributed by atoms with Crippen LogP contribution in [0.15, 0.2) is 24.3 Å². The number of hydrogen-bond acceptors (Lipinski definition) is 2. The molecule has 14 heavy (non-hydrogen) atoms. The van der Waals surface area contributed by atoms with Gasteiger partial charge >= 0.3 is 0 Å². The molecule has 1 saturated carbocycles. The highest BCUT2D eigenvalue weighted by atomic mass is 16.5. The Balaban J connectivity index is 2.00. The van der Waals surface area contributed by atoms with E-state index in [0.717, 1.165) is 30.6 Å². The zero-order valence-electron chi connectivity index (χ0n) is 8.07. The molecule has 1 heterocycles. The first kappa shape index (κ1) is 8.30. The third-order valence-electron chi connectivity index (χ3n) is 3.43. The van der Waals surface area contributed by atoms with Crippen LogP contribution in [-0.4, -0.2) is 10.7 Å². The van der Waals surface area contributed by atoms with Crippen molar-refractivity contribution in [3.63, 3.8) is 0 Å². The van der Waals surface area contributed by atoms with Gasteiger partial charge in [-0.2, -0.15) is 0 Å². The summed E-state index contributed by atoms with van der Waals surface area (Å²) in [6.45, 7) is 0. The largest absolute Gasteiger partial charge is 0.487 e. The summed E-state index contributed by atoms with van der Waals surface area (Å²) >= 11 is 0. The first-order chi connectivity index (χ1) is 6.79. The molecule has 1 aromatic carbocycles. The van der Waals surface area contributed by atoms with Gasteiger partial charge in [0.15, 0.2) is 0 Å². The standard InChI is InChI=1S/C12H14O2/c13-10-8-12(6-3-7-12)14-11-5-2-1-4-9(10)11/h1-2,4-5,10,13H,3,6-8H2/t10-/m1/s1. The van der Waals surface area contributed by atoms with E-state index in [9.17, 15) is 5.11 Å². The minimum atomic E-state index is -0.333. The molecule has 1 atom stereocenters. The molecule has 1 aromatic rings. The zero-order valence-corrected chi connectivity index (χ0v) is 8.07. The van der Waals surface area contributed by atoms with Crippen LogP contribution >= 0.6 is 0 Å². The first-order valence-electron chi connectivity index (χ1n) is 5.25. The first-order valence-corrected chi connectivity index (χ1v) is 5.25. The van der Waals surface area contributed by atoms with Crippen LogP contribution in [0.25, 0.3) is 0 Å². The molecule has 0 unspecified atom stereocenters. The summed E-state index contributed by atoms with van der Waals surface area (Å²) < 4.78 is 5.97. The Morgan fingerprint density at radius 1 is 1.29 bits per heavy atom. The molecule has 3 rings (SSSR count). The predicted molar refractivity (Wildman–Crippen MR) is 53.2 cm³/mol. The maximum Gasteiger partial charge on any atom is 0.125 e. The van der Waals surface area contributed by atoms with E-state index in [0.29, 0.717) is 0 Å². The average molecular weight is 190 g/mol. The molecule has 0 bridgehead atoms. The SMILES string of the molecule is O[C@@H]1CC2(CCC2)Oc2ccccc21. The second kappa shape index (κ2) is 2.74. The van der Waals surface area contributed by atoms with E-state index in [2.05, 4.69) is 0 Å². The van der Waals surface area contributed by atoms with Crippen LogP contribution in [0.5, 0.6) is 5.75 Å². The normalized spacial score (nSPS) is 27.6. The second-order valence-electron chi connectivity index (χ2n) is 4.40. The molecule has 1 aliphatic carbocycles. The Morgan fingerprint density at radius 2 is 2.07 bits per heavy atom. The number of ether oxygens (including phenoxy) is 1. The maximum absolute atomic E-state index is 9.98. The average Bonchev–Trinajstić information content (AvgIpc) is 2.15. The monoisotopic (exact) mass is 190 g/mol. The molecule has 1 N–H and O–H groups in total. The van der Waals surface area contributed by atoms with E-state index >= 15 is 0 Å². The van der Waals surface area contributed by atoms with Gasteiger partial charge in [-0.1, -0.05) is 18.2 Å². The molecule has 1 fully saturated rings. The molecule has 0 radical (unpaired) electrons. The van der Waals surface area contributed by atoms with Crippen LogP contribution in [0.3, 0.4) is 0 Å². The van der Waals surface area contributed by atoms with Gasteiger partial charge in [-0.05, 0) is 25.3 Å². The lowest BCUT2D eigenvalue weighted by Gasteiger charge is -2.46. The molecule has 1 spiro atoms. The minimum Gasteiger partial charge on any atom is -0.487 e. The van der Waals surface area contributed by atoms with Crippen LogP contribution in [0.4, 0.5) is 0 Å². The number of para-hydroxylation sites is 1. The lowest BCUT2D eigenvalue weighted by Crippen LogP contribution is -2.46. The van der Waals surface area contributed by atoms with Gasteiger partial charge in [0.1, 0.15) is 11.4 Å². The van der Waals surface area contributed by atoms with Crippen LogP contribution in [0.1, 0.15) is 37.4 Å². The van der Waals surface area contributed by atoms with Gasteiger partial charge in [-0.15, -0.1) is 0 Å². The molecule has 0 amide bonds. The van der Waals surface area contributed by atoms with Crippen LogP contribution in [0, 0.1) is 0 Å². The molecule has 0 aromatic heterocycles. The quantitative estimate of drug-likeness (QED) is 0.680. The van der Waals surface area contributed by atoms with Crippen molar-refractivity contribution in [2.24, 2.45) is 0 Å². The van der Waals surface area contributed by atoms with Crippen LogP contribution in [-0.2, 0) is 0 Å². The van der Waals surface area contributed by atoms with E-state index < -0.39 is 0 Å². The summed E-state index contributed by atoms with van der Waals surface area (Å²) in [6.07, 6.45) is 3.86. The van der Waals surface area contributed by atoms with Crippen molar-refractivity contribution in [2.45, 2.75) is 37.4 Å². The van der Waals surface area contributed by atoms with E-state index in [1.54, 1.807) is 0 Å². The molecular weight excluding hydrogens is 176 g/mol. The molecule has 1 aliphatic heterocycles. The Kier molecular flexibility index (Phi) is 1.62. The lowest BCUT2D eigenvalue weighted by atomic mass is 9.73. The van der Waals surface area contributed by atoms with Crippen molar-refractivity contribution in [1.29, 1.82) is 0 Å². The highest BCUT2D eigenvalue weighted by Gasteiger charge is 2.44. The molecule has 74 valence electrons. The maximum atomic E-state index is 9.98. The summed E-state index contributed by atoms with van der Waals surface area (Å²) in [7, 11) is 0. The Bertz CT molecular complexity index is 355. The highest BCUT2D eigenvalue weighted by Crippen LogP contribution is 2.48. The second-order valence-corrected chi connectivity index (χ2v) is 4.40. The van der Waals surface area contributed by atoms with E-state index in [1.165, 1.54) is 6.42 Å². The van der Waals surface area contributed by atoms with Gasteiger partial charge in [0.25, 0.3) is 0 Å². The number of rotatable bonds is 0. The van der Waals surface area contributed by atoms with Gasteiger partial charge < -0.3 is 9.84 Å². The summed E-state index contributed by atoms with van der Waals surface area (Å²) in [4.78, 5) is 0. The topological polar surface area (TPSA) is 29.5 Å². The lowest BCUT2D eigenvalue weighted by molar-refractivity contribution is -0.0663. The highest BCUT2D eigenvalue weighted by molar-refractivity contribution is 5.38. The number of aliphatic hydroxyl groups is 1. The summed E-state index contributed by atoms with van der Waals surface area (Å²) in [5.74, 6) is 0.881. The van der Waals surface area contributed by atoms with E-state index in [-0.39, 0.29) is 11.7 Å². The number of hydrogen-bond donors (Lipinski definition) is 1. The number of aliphatic hydroxyl groups excluding tert-OH is 1. The third kappa shape index (κ3) is 1.07. The van der Waals surface area contributed by atoms with Crippen molar-refractivity contribution in [3.05, 3.63) is 29.8 Å². The van der Waals surface area contributed by atoms with Gasteiger partial charge in [0.05, 0.1) is 6.10 Å². The summed E-state index contributed by atoms with van der Waals surface area (Å²) in [6, 6.07) is 7.82. The Hall–Kier alpha value is -1.02. The van der Waals surface area contributed by atoms with Crippen molar-refractivity contribution in [3.8, 4) is 5.75 Å². The van der Waals surface area contributed by atoms with Crippen molar-refractivity contribution in [1.82, 2.24) is 0 Å². The molecule has 2 nitrogen and oxygen atoms in total. The van der Waals surface area contributed by atoms with Gasteiger partial charge in [0.2, 0.25) is 0 Å². The van der Waals surface area contributed by atoms with E-state index in [4.69, 9.17) is 4.74 Å². The van der Waals surface area contributed by atoms with Crippen molar-refractivity contribution < 1.29 is 9.84 Å². The summed E-state index contributed by atoms with van der Waals surface area (Å²) in [5, 5.41) is 9.98. The molecular formula is C12H14O2. The Morgan fingerprint density at radius 3 is 2.79 bits per heavy atom. The fourth-order valence-electron chi connectivity index (χ4n) is 2.46.